The summed E-state index contributed by atoms with van der Waals surface area (Å²) in [5.41, 5.74) is 2.55. The fourth-order valence-corrected chi connectivity index (χ4v) is 2.63. The first-order valence-electron chi connectivity index (χ1n) is 5.04. The summed E-state index contributed by atoms with van der Waals surface area (Å²) >= 11 is 1.83. The van der Waals surface area contributed by atoms with Gasteiger partial charge in [0.15, 0.2) is 0 Å². The largest absolute Gasteiger partial charge is 0.271 e. The van der Waals surface area contributed by atoms with Crippen LogP contribution in [0.25, 0.3) is 0 Å². The molecule has 0 saturated heterocycles. The summed E-state index contributed by atoms with van der Waals surface area (Å²) in [6.45, 7) is 2.13. The van der Waals surface area contributed by atoms with Crippen molar-refractivity contribution < 1.29 is 0 Å². The first kappa shape index (κ1) is 8.86. The van der Waals surface area contributed by atoms with E-state index in [1.54, 1.807) is 0 Å². The van der Waals surface area contributed by atoms with Gasteiger partial charge in [-0.05, 0) is 24.6 Å². The van der Waals surface area contributed by atoms with Gasteiger partial charge in [0, 0.05) is 4.88 Å². The van der Waals surface area contributed by atoms with Gasteiger partial charge in [-0.15, -0.1) is 11.3 Å². The normalized spacial score (nSPS) is 18.7. The quantitative estimate of drug-likeness (QED) is 0.722. The molecule has 15 heavy (non-hydrogen) atoms. The minimum absolute atomic E-state index is 0.323. The van der Waals surface area contributed by atoms with Gasteiger partial charge in [-0.25, -0.2) is 0 Å². The molecule has 2 heterocycles. The van der Waals surface area contributed by atoms with E-state index in [1.165, 1.54) is 21.0 Å². The molecule has 1 atom stereocenters. The molecule has 2 aromatic rings. The monoisotopic (exact) mass is 213 g/mol. The molecule has 0 amide bonds. The molecule has 0 saturated carbocycles. The summed E-state index contributed by atoms with van der Waals surface area (Å²) in [5.74, 6) is 0. The van der Waals surface area contributed by atoms with Gasteiger partial charge in [0.05, 0.1) is 10.6 Å². The zero-order valence-corrected chi connectivity index (χ0v) is 9.29. The average Bonchev–Trinajstić information content (AvgIpc) is 2.96. The highest BCUT2D eigenvalue weighted by Gasteiger charge is 2.31. The van der Waals surface area contributed by atoms with Crippen LogP contribution in [-0.2, 0) is 0 Å². The van der Waals surface area contributed by atoms with E-state index in [0.29, 0.717) is 6.04 Å². The minimum atomic E-state index is 0.323. The zero-order valence-electron chi connectivity index (χ0n) is 8.47. The summed E-state index contributed by atoms with van der Waals surface area (Å²) < 4.78 is 0. The SMILES string of the molecule is Cc1ccc(C2=NC2c2ccccc2)s1. The van der Waals surface area contributed by atoms with Crippen molar-refractivity contribution in [3.8, 4) is 0 Å². The first-order valence-corrected chi connectivity index (χ1v) is 5.86. The summed E-state index contributed by atoms with van der Waals surface area (Å²) in [4.78, 5) is 7.21. The van der Waals surface area contributed by atoms with Gasteiger partial charge in [0.1, 0.15) is 6.04 Å². The Kier molecular flexibility index (Phi) is 1.96. The van der Waals surface area contributed by atoms with E-state index in [1.807, 2.05) is 17.4 Å². The Bertz CT molecular complexity index is 510. The molecule has 0 aliphatic carbocycles. The van der Waals surface area contributed by atoms with Gasteiger partial charge in [0.25, 0.3) is 0 Å². The van der Waals surface area contributed by atoms with Gasteiger partial charge in [-0.1, -0.05) is 30.3 Å². The number of nitrogens with zero attached hydrogens (tertiary/aromatic N) is 1. The third-order valence-electron chi connectivity index (χ3n) is 2.57. The number of rotatable bonds is 2. The molecule has 3 rings (SSSR count). The smallest absolute Gasteiger partial charge is 0.118 e. The van der Waals surface area contributed by atoms with E-state index in [2.05, 4.69) is 48.3 Å². The van der Waals surface area contributed by atoms with Crippen LogP contribution in [0.1, 0.15) is 21.4 Å². The van der Waals surface area contributed by atoms with E-state index >= 15 is 0 Å². The topological polar surface area (TPSA) is 12.4 Å². The highest BCUT2D eigenvalue weighted by atomic mass is 32.1. The first-order chi connectivity index (χ1) is 7.34. The van der Waals surface area contributed by atoms with Crippen LogP contribution in [0.15, 0.2) is 47.5 Å². The van der Waals surface area contributed by atoms with E-state index in [4.69, 9.17) is 0 Å². The van der Waals surface area contributed by atoms with E-state index < -0.39 is 0 Å². The highest BCUT2D eigenvalue weighted by Crippen LogP contribution is 2.37. The lowest BCUT2D eigenvalue weighted by atomic mass is 10.1. The lowest BCUT2D eigenvalue weighted by Crippen LogP contribution is -1.89. The molecule has 1 aromatic heterocycles. The van der Waals surface area contributed by atoms with Crippen molar-refractivity contribution in [2.24, 2.45) is 4.99 Å². The third kappa shape index (κ3) is 1.61. The van der Waals surface area contributed by atoms with Crippen molar-refractivity contribution in [3.05, 3.63) is 57.8 Å². The highest BCUT2D eigenvalue weighted by molar-refractivity contribution is 7.14. The van der Waals surface area contributed by atoms with Crippen LogP contribution in [0, 0.1) is 6.92 Å². The Labute approximate surface area is 93.1 Å². The predicted octanol–water partition coefficient (Wildman–Crippen LogP) is 3.60. The molecule has 1 aliphatic heterocycles. The number of thiophene rings is 1. The number of aryl methyl sites for hydroxylation is 1. The van der Waals surface area contributed by atoms with Crippen LogP contribution in [-0.4, -0.2) is 5.71 Å². The molecule has 1 aliphatic rings. The lowest BCUT2D eigenvalue weighted by Gasteiger charge is -1.95. The molecular weight excluding hydrogens is 202 g/mol. The summed E-state index contributed by atoms with van der Waals surface area (Å²) in [7, 11) is 0. The van der Waals surface area contributed by atoms with Gasteiger partial charge in [0.2, 0.25) is 0 Å². The van der Waals surface area contributed by atoms with Crippen LogP contribution >= 0.6 is 11.3 Å². The second-order valence-electron chi connectivity index (χ2n) is 3.74. The van der Waals surface area contributed by atoms with E-state index in [-0.39, 0.29) is 0 Å². The Balaban J connectivity index is 1.82. The molecule has 74 valence electrons. The van der Waals surface area contributed by atoms with Crippen molar-refractivity contribution in [2.45, 2.75) is 13.0 Å². The maximum Gasteiger partial charge on any atom is 0.118 e. The molecule has 1 nitrogen and oxygen atoms in total. The van der Waals surface area contributed by atoms with Crippen LogP contribution < -0.4 is 0 Å². The molecule has 1 aromatic carbocycles. The molecule has 1 unspecified atom stereocenters. The van der Waals surface area contributed by atoms with Crippen LogP contribution in [0.5, 0.6) is 0 Å². The molecule has 0 N–H and O–H groups in total. The van der Waals surface area contributed by atoms with Crippen LogP contribution in [0.4, 0.5) is 0 Å². The van der Waals surface area contributed by atoms with Crippen LogP contribution in [0.2, 0.25) is 0 Å². The fourth-order valence-electron chi connectivity index (χ4n) is 1.74. The van der Waals surface area contributed by atoms with Gasteiger partial charge in [-0.2, -0.15) is 0 Å². The van der Waals surface area contributed by atoms with Gasteiger partial charge in [-0.3, -0.25) is 4.99 Å². The number of hydrogen-bond donors (Lipinski definition) is 0. The zero-order chi connectivity index (χ0) is 10.3. The van der Waals surface area contributed by atoms with Crippen molar-refractivity contribution in [1.29, 1.82) is 0 Å². The Morgan fingerprint density at radius 2 is 1.87 bits per heavy atom. The van der Waals surface area contributed by atoms with Gasteiger partial charge >= 0.3 is 0 Å². The molecule has 0 spiro atoms. The maximum absolute atomic E-state index is 4.54. The van der Waals surface area contributed by atoms with E-state index in [0.717, 1.165) is 0 Å². The van der Waals surface area contributed by atoms with Gasteiger partial charge < -0.3 is 0 Å². The van der Waals surface area contributed by atoms with Crippen molar-refractivity contribution >= 4 is 17.0 Å². The molecule has 0 bridgehead atoms. The maximum atomic E-state index is 4.54. The fraction of sp³-hybridized carbons (Fsp3) is 0.154. The summed E-state index contributed by atoms with van der Waals surface area (Å²) in [5, 5.41) is 0. The predicted molar refractivity (Wildman–Crippen MR) is 64.8 cm³/mol. The van der Waals surface area contributed by atoms with Crippen molar-refractivity contribution in [1.82, 2.24) is 0 Å². The number of hydrogen-bond acceptors (Lipinski definition) is 2. The summed E-state index contributed by atoms with van der Waals surface area (Å²) in [6, 6.07) is 15.1. The summed E-state index contributed by atoms with van der Waals surface area (Å²) in [6.07, 6.45) is 0. The Morgan fingerprint density at radius 1 is 1.07 bits per heavy atom. The second-order valence-corrected chi connectivity index (χ2v) is 5.03. The second kappa shape index (κ2) is 3.31. The lowest BCUT2D eigenvalue weighted by molar-refractivity contribution is 1.13. The molecule has 0 fully saturated rings. The number of benzene rings is 1. The third-order valence-corrected chi connectivity index (χ3v) is 3.59. The Morgan fingerprint density at radius 3 is 2.53 bits per heavy atom. The van der Waals surface area contributed by atoms with E-state index in [9.17, 15) is 0 Å². The minimum Gasteiger partial charge on any atom is -0.271 e. The average molecular weight is 213 g/mol. The van der Waals surface area contributed by atoms with Crippen LogP contribution in [0.3, 0.4) is 0 Å². The van der Waals surface area contributed by atoms with Crippen molar-refractivity contribution in [3.63, 3.8) is 0 Å². The Hall–Kier alpha value is -1.41. The van der Waals surface area contributed by atoms with Crippen molar-refractivity contribution in [2.75, 3.05) is 0 Å². The molecule has 2 heteroatoms. The number of aliphatic imine (C=N–C) groups is 1. The molecular formula is C13H11NS. The molecule has 0 radical (unpaired) electrons. The standard InChI is InChI=1S/C13H11NS/c1-9-7-8-11(15-9)13-12(14-13)10-5-3-2-4-6-10/h2-8,12H,1H3.